The van der Waals surface area contributed by atoms with Crippen molar-refractivity contribution in [1.82, 2.24) is 9.47 Å². The molecule has 4 nitrogen and oxygen atoms in total. The predicted molar refractivity (Wildman–Crippen MR) is 119 cm³/mol. The van der Waals surface area contributed by atoms with Gasteiger partial charge in [-0.1, -0.05) is 54.6 Å². The highest BCUT2D eigenvalue weighted by atomic mass is 16.5. The van der Waals surface area contributed by atoms with Crippen molar-refractivity contribution in [2.24, 2.45) is 0 Å². The largest absolute Gasteiger partial charge is 0.375 e. The average Bonchev–Trinajstić information content (AvgIpc) is 3.08. The highest BCUT2D eigenvalue weighted by Gasteiger charge is 2.42. The van der Waals surface area contributed by atoms with Crippen molar-refractivity contribution in [1.29, 1.82) is 0 Å². The average molecular weight is 401 g/mol. The zero-order chi connectivity index (χ0) is 20.5. The van der Waals surface area contributed by atoms with E-state index in [0.717, 1.165) is 25.8 Å². The smallest absolute Gasteiger partial charge is 0.223 e. The molecule has 4 heteroatoms. The number of ether oxygens (including phenoxy) is 1. The number of amides is 1. The summed E-state index contributed by atoms with van der Waals surface area (Å²) in [5.41, 5.74) is 5.26. The Labute approximate surface area is 177 Å². The molecule has 5 rings (SSSR count). The molecule has 2 atom stereocenters. The summed E-state index contributed by atoms with van der Waals surface area (Å²) >= 11 is 0. The van der Waals surface area contributed by atoms with Gasteiger partial charge in [0.2, 0.25) is 5.91 Å². The van der Waals surface area contributed by atoms with Crippen molar-refractivity contribution in [3.8, 4) is 0 Å². The summed E-state index contributed by atoms with van der Waals surface area (Å²) in [4.78, 5) is 15.1. The first-order valence-electron chi connectivity index (χ1n) is 10.9. The normalized spacial score (nSPS) is 20.8. The van der Waals surface area contributed by atoms with Gasteiger partial charge in [0.1, 0.15) is 0 Å². The van der Waals surface area contributed by atoms with E-state index in [-0.39, 0.29) is 18.0 Å². The third kappa shape index (κ3) is 3.25. The van der Waals surface area contributed by atoms with Crippen molar-refractivity contribution < 1.29 is 9.53 Å². The molecule has 2 aliphatic rings. The van der Waals surface area contributed by atoms with E-state index in [4.69, 9.17) is 4.74 Å². The number of hydrogen-bond donors (Lipinski definition) is 0. The molecule has 0 aliphatic carbocycles. The lowest BCUT2D eigenvalue weighted by molar-refractivity contribution is -0.142. The second-order valence-corrected chi connectivity index (χ2v) is 8.35. The molecule has 1 saturated heterocycles. The van der Waals surface area contributed by atoms with Gasteiger partial charge in [0.05, 0.1) is 25.3 Å². The second-order valence-electron chi connectivity index (χ2n) is 8.35. The Morgan fingerprint density at radius 2 is 1.90 bits per heavy atom. The van der Waals surface area contributed by atoms with Gasteiger partial charge in [0, 0.05) is 29.6 Å². The Morgan fingerprint density at radius 3 is 2.73 bits per heavy atom. The SMILES string of the molecule is C=CCOC[C@H]1Cc2c(n(Cc3ccccc3)c3ccccc23)[C@@H]2CCCC(=O)N12. The van der Waals surface area contributed by atoms with Crippen LogP contribution < -0.4 is 0 Å². The number of carbonyl (C=O) groups is 1. The van der Waals surface area contributed by atoms with Gasteiger partial charge in [0.15, 0.2) is 0 Å². The molecule has 1 amide bonds. The minimum absolute atomic E-state index is 0.0891. The van der Waals surface area contributed by atoms with Gasteiger partial charge >= 0.3 is 0 Å². The summed E-state index contributed by atoms with van der Waals surface area (Å²) in [7, 11) is 0. The van der Waals surface area contributed by atoms with Crippen LogP contribution >= 0.6 is 0 Å². The molecule has 30 heavy (non-hydrogen) atoms. The van der Waals surface area contributed by atoms with Crippen LogP contribution in [0.15, 0.2) is 67.3 Å². The quantitative estimate of drug-likeness (QED) is 0.437. The van der Waals surface area contributed by atoms with E-state index in [9.17, 15) is 4.79 Å². The van der Waals surface area contributed by atoms with E-state index in [2.05, 4.69) is 70.6 Å². The minimum atomic E-state index is 0.0891. The molecule has 2 aliphatic heterocycles. The van der Waals surface area contributed by atoms with Crippen LogP contribution in [0.1, 0.15) is 42.1 Å². The number of benzene rings is 2. The standard InChI is InChI=1S/C26H28N2O2/c1-2-15-30-18-20-16-22-21-11-6-7-12-23(21)27(17-19-9-4-3-5-10-19)26(22)24-13-8-14-25(29)28(20)24/h2-7,9-12,20,24H,1,8,13-18H2/t20-,24+/m1/s1. The first-order valence-corrected chi connectivity index (χ1v) is 10.9. The maximum absolute atomic E-state index is 13.0. The number of para-hydroxylation sites is 1. The molecule has 0 unspecified atom stereocenters. The Morgan fingerprint density at radius 1 is 1.10 bits per heavy atom. The van der Waals surface area contributed by atoms with Crippen LogP contribution in [0.3, 0.4) is 0 Å². The second kappa shape index (κ2) is 8.11. The predicted octanol–water partition coefficient (Wildman–Crippen LogP) is 4.87. The van der Waals surface area contributed by atoms with E-state index in [1.54, 1.807) is 6.08 Å². The minimum Gasteiger partial charge on any atom is -0.375 e. The maximum atomic E-state index is 13.0. The first-order chi connectivity index (χ1) is 14.8. The van der Waals surface area contributed by atoms with E-state index in [0.29, 0.717) is 19.6 Å². The Balaban J connectivity index is 1.63. The lowest BCUT2D eigenvalue weighted by Crippen LogP contribution is -2.51. The zero-order valence-electron chi connectivity index (χ0n) is 17.3. The van der Waals surface area contributed by atoms with Crippen molar-refractivity contribution in [3.05, 3.63) is 84.1 Å². The van der Waals surface area contributed by atoms with E-state index < -0.39 is 0 Å². The van der Waals surface area contributed by atoms with Crippen molar-refractivity contribution in [3.63, 3.8) is 0 Å². The lowest BCUT2D eigenvalue weighted by Gasteiger charge is -2.45. The summed E-state index contributed by atoms with van der Waals surface area (Å²) in [5.74, 6) is 0.264. The fraction of sp³-hybridized carbons (Fsp3) is 0.346. The van der Waals surface area contributed by atoms with E-state index in [1.807, 2.05) is 0 Å². The molecule has 0 bridgehead atoms. The fourth-order valence-electron chi connectivity index (χ4n) is 5.30. The van der Waals surface area contributed by atoms with Gasteiger partial charge in [-0.05, 0) is 36.5 Å². The Hall–Kier alpha value is -2.85. The van der Waals surface area contributed by atoms with Gasteiger partial charge in [0.25, 0.3) is 0 Å². The lowest BCUT2D eigenvalue weighted by atomic mass is 9.86. The van der Waals surface area contributed by atoms with Gasteiger partial charge in [-0.15, -0.1) is 6.58 Å². The van der Waals surface area contributed by atoms with Crippen LogP contribution in [0.2, 0.25) is 0 Å². The molecule has 3 aromatic rings. The monoisotopic (exact) mass is 400 g/mol. The molecule has 0 N–H and O–H groups in total. The van der Waals surface area contributed by atoms with E-state index in [1.165, 1.54) is 27.7 Å². The third-order valence-electron chi connectivity index (χ3n) is 6.49. The molecule has 154 valence electrons. The number of rotatable bonds is 6. The summed E-state index contributed by atoms with van der Waals surface area (Å²) in [5, 5.41) is 1.31. The summed E-state index contributed by atoms with van der Waals surface area (Å²) < 4.78 is 8.29. The molecule has 0 radical (unpaired) electrons. The number of aromatic nitrogens is 1. The maximum Gasteiger partial charge on any atom is 0.223 e. The van der Waals surface area contributed by atoms with Crippen LogP contribution in [0.25, 0.3) is 10.9 Å². The molecule has 0 spiro atoms. The van der Waals surface area contributed by atoms with Crippen LogP contribution in [0.5, 0.6) is 0 Å². The third-order valence-corrected chi connectivity index (χ3v) is 6.49. The first kappa shape index (κ1) is 19.1. The molecule has 3 heterocycles. The van der Waals surface area contributed by atoms with Crippen LogP contribution in [0.4, 0.5) is 0 Å². The Kier molecular flexibility index (Phi) is 5.17. The molecule has 2 aromatic carbocycles. The summed E-state index contributed by atoms with van der Waals surface area (Å²) in [6.07, 6.45) is 5.23. The van der Waals surface area contributed by atoms with Gasteiger partial charge in [-0.2, -0.15) is 0 Å². The fourth-order valence-corrected chi connectivity index (χ4v) is 5.30. The summed E-state index contributed by atoms with van der Waals surface area (Å²) in [6, 6.07) is 19.5. The van der Waals surface area contributed by atoms with Crippen molar-refractivity contribution in [2.75, 3.05) is 13.2 Å². The topological polar surface area (TPSA) is 34.5 Å². The number of carbonyl (C=O) groups excluding carboxylic acids is 1. The van der Waals surface area contributed by atoms with Gasteiger partial charge < -0.3 is 14.2 Å². The number of fused-ring (bicyclic) bond motifs is 5. The highest BCUT2D eigenvalue weighted by molar-refractivity contribution is 5.87. The molecule has 1 fully saturated rings. The zero-order valence-corrected chi connectivity index (χ0v) is 17.3. The van der Waals surface area contributed by atoms with Crippen LogP contribution in [-0.4, -0.2) is 34.6 Å². The molecule has 0 saturated carbocycles. The highest BCUT2D eigenvalue weighted by Crippen LogP contribution is 2.44. The van der Waals surface area contributed by atoms with Crippen LogP contribution in [0, 0.1) is 0 Å². The van der Waals surface area contributed by atoms with Crippen molar-refractivity contribution in [2.45, 2.75) is 44.3 Å². The van der Waals surface area contributed by atoms with Crippen molar-refractivity contribution >= 4 is 16.8 Å². The van der Waals surface area contributed by atoms with Gasteiger partial charge in [-0.25, -0.2) is 0 Å². The number of nitrogens with zero attached hydrogens (tertiary/aromatic N) is 2. The number of hydrogen-bond acceptors (Lipinski definition) is 2. The molecule has 1 aromatic heterocycles. The van der Waals surface area contributed by atoms with E-state index >= 15 is 0 Å². The summed E-state index contributed by atoms with van der Waals surface area (Å²) in [6.45, 7) is 5.66. The van der Waals surface area contributed by atoms with Gasteiger partial charge in [-0.3, -0.25) is 4.79 Å². The molecular weight excluding hydrogens is 372 g/mol. The van der Waals surface area contributed by atoms with Crippen LogP contribution in [-0.2, 0) is 22.5 Å². The molecular formula is C26H28N2O2. The number of piperidine rings is 1. The Bertz CT molecular complexity index is 1070.